The van der Waals surface area contributed by atoms with Crippen LogP contribution in [-0.2, 0) is 9.59 Å². The summed E-state index contributed by atoms with van der Waals surface area (Å²) >= 11 is 0. The van der Waals surface area contributed by atoms with Crippen LogP contribution in [0.25, 0.3) is 17.0 Å². The lowest BCUT2D eigenvalue weighted by Crippen LogP contribution is -2.26. The molecule has 0 N–H and O–H groups in total. The number of pyridine rings is 1. The van der Waals surface area contributed by atoms with Gasteiger partial charge >= 0.3 is 0 Å². The summed E-state index contributed by atoms with van der Waals surface area (Å²) in [4.78, 5) is 26.0. The number of carbonyl (C=O) groups excluding carboxylic acids is 2. The van der Waals surface area contributed by atoms with Crippen molar-refractivity contribution in [3.63, 3.8) is 0 Å². The summed E-state index contributed by atoms with van der Waals surface area (Å²) in [5.74, 6) is -2.94. The number of fused-ring (bicyclic) bond motifs is 1. The van der Waals surface area contributed by atoms with E-state index in [9.17, 15) is 19.8 Å². The molecule has 0 aliphatic rings. The van der Waals surface area contributed by atoms with Crippen LogP contribution in [0.15, 0.2) is 53.6 Å². The van der Waals surface area contributed by atoms with Crippen LogP contribution in [0.2, 0.25) is 0 Å². The lowest BCUT2D eigenvalue weighted by Gasteiger charge is -2.10. The van der Waals surface area contributed by atoms with Gasteiger partial charge in [0.15, 0.2) is 0 Å². The molecule has 0 unspecified atom stereocenters. The van der Waals surface area contributed by atoms with E-state index >= 15 is 0 Å². The van der Waals surface area contributed by atoms with E-state index in [0.29, 0.717) is 17.3 Å². The average molecular weight is 281 g/mol. The van der Waals surface area contributed by atoms with E-state index in [0.717, 1.165) is 5.39 Å². The van der Waals surface area contributed by atoms with Gasteiger partial charge < -0.3 is 19.8 Å². The number of aliphatic carboxylic acids is 2. The average Bonchev–Trinajstić information content (AvgIpc) is 2.43. The highest BCUT2D eigenvalue weighted by molar-refractivity contribution is 5.97. The highest BCUT2D eigenvalue weighted by Gasteiger charge is 2.04. The Morgan fingerprint density at radius 3 is 2.48 bits per heavy atom. The first-order chi connectivity index (χ1) is 9.97. The van der Waals surface area contributed by atoms with Crippen molar-refractivity contribution in [3.8, 4) is 0 Å². The number of carboxylic acids is 2. The monoisotopic (exact) mass is 281 g/mol. The van der Waals surface area contributed by atoms with Gasteiger partial charge in [0.1, 0.15) is 0 Å². The summed E-state index contributed by atoms with van der Waals surface area (Å²) in [6, 6.07) is 10.8. The van der Waals surface area contributed by atoms with Gasteiger partial charge in [0.25, 0.3) is 0 Å². The van der Waals surface area contributed by atoms with E-state index in [1.165, 1.54) is 13.0 Å². The summed E-state index contributed by atoms with van der Waals surface area (Å²) in [6.07, 6.45) is 1.99. The Hall–Kier alpha value is -2.95. The summed E-state index contributed by atoms with van der Waals surface area (Å²) in [7, 11) is 0. The molecule has 2 rings (SSSR count). The van der Waals surface area contributed by atoms with Crippen molar-refractivity contribution >= 4 is 28.9 Å². The smallest absolute Gasteiger partial charge is 0.0718 e. The lowest BCUT2D eigenvalue weighted by atomic mass is 10.1. The molecule has 0 saturated heterocycles. The second-order valence-corrected chi connectivity index (χ2v) is 4.42. The molecule has 0 bridgehead atoms. The maximum atomic E-state index is 11.1. The molecule has 0 atom stereocenters. The molecule has 0 saturated carbocycles. The third-order valence-electron chi connectivity index (χ3n) is 2.89. The number of nitrogens with zero attached hydrogens (tertiary/aromatic N) is 1. The van der Waals surface area contributed by atoms with Gasteiger partial charge in [-0.25, -0.2) is 4.98 Å². The fraction of sp³-hybridized carbons (Fsp3) is 0.0625. The SMILES string of the molecule is CC(=C/C(=O)[O-])/C(=C/c1ccc2ccccc2n1)C(=O)[O-]. The van der Waals surface area contributed by atoms with Crippen LogP contribution in [0.3, 0.4) is 0 Å². The van der Waals surface area contributed by atoms with Crippen LogP contribution in [0.4, 0.5) is 0 Å². The number of para-hydroxylation sites is 1. The van der Waals surface area contributed by atoms with Crippen molar-refractivity contribution in [3.05, 3.63) is 59.3 Å². The number of carboxylic acid groups (broad SMARTS) is 2. The Kier molecular flexibility index (Phi) is 4.13. The molecule has 0 aliphatic carbocycles. The Bertz CT molecular complexity index is 775. The molecule has 5 nitrogen and oxygen atoms in total. The van der Waals surface area contributed by atoms with Crippen LogP contribution >= 0.6 is 0 Å². The van der Waals surface area contributed by atoms with Crippen molar-refractivity contribution < 1.29 is 19.8 Å². The Balaban J connectivity index is 2.49. The number of rotatable bonds is 4. The maximum Gasteiger partial charge on any atom is 0.0718 e. The zero-order valence-electron chi connectivity index (χ0n) is 11.2. The molecule has 0 aliphatic heterocycles. The predicted octanol–water partition coefficient (Wildman–Crippen LogP) is 0.0643. The molecule has 0 amide bonds. The van der Waals surface area contributed by atoms with Crippen LogP contribution < -0.4 is 10.2 Å². The first kappa shape index (κ1) is 14.5. The molecule has 5 heteroatoms. The molecule has 1 heterocycles. The van der Waals surface area contributed by atoms with Crippen molar-refractivity contribution in [2.75, 3.05) is 0 Å². The largest absolute Gasteiger partial charge is 0.545 e. The van der Waals surface area contributed by atoms with Crippen LogP contribution in [0.5, 0.6) is 0 Å². The standard InChI is InChI=1S/C16H13NO4/c1-10(8-15(18)19)13(16(20)21)9-12-7-6-11-4-2-3-5-14(11)17-12/h2-9H,1H3,(H,18,19)(H,20,21)/p-2/b10-8-,13-9-. The first-order valence-electron chi connectivity index (χ1n) is 6.16. The third-order valence-corrected chi connectivity index (χ3v) is 2.89. The van der Waals surface area contributed by atoms with Crippen LogP contribution in [0, 0.1) is 0 Å². The van der Waals surface area contributed by atoms with Crippen molar-refractivity contribution in [1.82, 2.24) is 4.98 Å². The summed E-state index contributed by atoms with van der Waals surface area (Å²) in [6.45, 7) is 1.36. The van der Waals surface area contributed by atoms with Crippen molar-refractivity contribution in [1.29, 1.82) is 0 Å². The Morgan fingerprint density at radius 2 is 1.81 bits per heavy atom. The summed E-state index contributed by atoms with van der Waals surface area (Å²) in [5, 5.41) is 22.6. The van der Waals surface area contributed by atoms with Gasteiger partial charge in [-0.2, -0.15) is 0 Å². The van der Waals surface area contributed by atoms with Gasteiger partial charge in [0.2, 0.25) is 0 Å². The molecular weight excluding hydrogens is 270 g/mol. The Morgan fingerprint density at radius 1 is 1.10 bits per heavy atom. The molecule has 106 valence electrons. The second kappa shape index (κ2) is 6.00. The summed E-state index contributed by atoms with van der Waals surface area (Å²) < 4.78 is 0. The second-order valence-electron chi connectivity index (χ2n) is 4.42. The van der Waals surface area contributed by atoms with Gasteiger partial charge in [0.05, 0.1) is 23.1 Å². The third kappa shape index (κ3) is 3.54. The van der Waals surface area contributed by atoms with Crippen LogP contribution in [-0.4, -0.2) is 16.9 Å². The minimum Gasteiger partial charge on any atom is -0.545 e. The number of hydrogen-bond donors (Lipinski definition) is 0. The van der Waals surface area contributed by atoms with E-state index < -0.39 is 11.9 Å². The number of benzene rings is 1. The number of hydrogen-bond acceptors (Lipinski definition) is 5. The molecule has 0 spiro atoms. The fourth-order valence-corrected chi connectivity index (χ4v) is 1.90. The van der Waals surface area contributed by atoms with E-state index in [1.807, 2.05) is 18.2 Å². The minimum atomic E-state index is -1.47. The van der Waals surface area contributed by atoms with Gasteiger partial charge in [0, 0.05) is 11.0 Å². The van der Waals surface area contributed by atoms with Gasteiger partial charge in [-0.05, 0) is 36.8 Å². The fourth-order valence-electron chi connectivity index (χ4n) is 1.90. The van der Waals surface area contributed by atoms with E-state index in [-0.39, 0.29) is 11.1 Å². The molecule has 2 aromatic rings. The quantitative estimate of drug-likeness (QED) is 0.583. The molecule has 1 aromatic carbocycles. The van der Waals surface area contributed by atoms with E-state index in [4.69, 9.17) is 0 Å². The number of carbonyl (C=O) groups is 2. The van der Waals surface area contributed by atoms with Gasteiger partial charge in [-0.15, -0.1) is 0 Å². The molecule has 0 fully saturated rings. The van der Waals surface area contributed by atoms with E-state index in [2.05, 4.69) is 4.98 Å². The highest BCUT2D eigenvalue weighted by Crippen LogP contribution is 2.16. The molecule has 1 aromatic heterocycles. The zero-order valence-corrected chi connectivity index (χ0v) is 11.2. The minimum absolute atomic E-state index is 0.0324. The zero-order chi connectivity index (χ0) is 15.4. The first-order valence-corrected chi connectivity index (χ1v) is 6.16. The topological polar surface area (TPSA) is 93.2 Å². The van der Waals surface area contributed by atoms with Crippen molar-refractivity contribution in [2.24, 2.45) is 0 Å². The van der Waals surface area contributed by atoms with Gasteiger partial charge in [-0.3, -0.25) is 0 Å². The maximum absolute atomic E-state index is 11.1. The molecule has 21 heavy (non-hydrogen) atoms. The molecular formula is C16H11NO4-2. The number of aromatic nitrogens is 1. The Labute approximate surface area is 120 Å². The highest BCUT2D eigenvalue weighted by atomic mass is 16.4. The summed E-state index contributed by atoms with van der Waals surface area (Å²) in [5.41, 5.74) is 0.899. The van der Waals surface area contributed by atoms with Crippen LogP contribution in [0.1, 0.15) is 12.6 Å². The lowest BCUT2D eigenvalue weighted by molar-refractivity contribution is -0.298. The normalized spacial score (nSPS) is 12.4. The molecule has 0 radical (unpaired) electrons. The van der Waals surface area contributed by atoms with Gasteiger partial charge in [-0.1, -0.05) is 24.3 Å². The van der Waals surface area contributed by atoms with E-state index in [1.54, 1.807) is 18.2 Å². The predicted molar refractivity (Wildman–Crippen MR) is 73.5 cm³/mol. The van der Waals surface area contributed by atoms with Crippen molar-refractivity contribution in [2.45, 2.75) is 6.92 Å².